The summed E-state index contributed by atoms with van der Waals surface area (Å²) >= 11 is 1.20. The Hall–Kier alpha value is -3.12. The maximum Gasteiger partial charge on any atom is 0.255 e. The number of aryl methyl sites for hydroxylation is 1. The van der Waals surface area contributed by atoms with Gasteiger partial charge in [-0.15, -0.1) is 0 Å². The summed E-state index contributed by atoms with van der Waals surface area (Å²) in [4.78, 5) is 29.1. The average molecular weight is 509 g/mol. The minimum Gasteiger partial charge on any atom is -0.437 e. The summed E-state index contributed by atoms with van der Waals surface area (Å²) in [6, 6.07) is 7.12. The molecule has 2 heterocycles. The quantitative estimate of drug-likeness (QED) is 0.426. The SMILES string of the molecule is CNC(=O)c1c(-c2ccc(F)cc2)oc2nc(N(C)S(C)(=O)=O)c(CCCC(=O)NSC)cc12. The summed E-state index contributed by atoms with van der Waals surface area (Å²) < 4.78 is 47.5. The number of anilines is 1. The van der Waals surface area contributed by atoms with E-state index in [1.165, 1.54) is 50.3 Å². The van der Waals surface area contributed by atoms with Gasteiger partial charge in [0, 0.05) is 32.3 Å². The van der Waals surface area contributed by atoms with Crippen LogP contribution in [0, 0.1) is 5.82 Å². The Bertz CT molecular complexity index is 1320. The van der Waals surface area contributed by atoms with E-state index in [9.17, 15) is 22.4 Å². The fourth-order valence-electron chi connectivity index (χ4n) is 3.43. The summed E-state index contributed by atoms with van der Waals surface area (Å²) in [5, 5.41) is 2.95. The van der Waals surface area contributed by atoms with E-state index in [1.807, 2.05) is 0 Å². The molecule has 12 heteroatoms. The van der Waals surface area contributed by atoms with E-state index >= 15 is 0 Å². The Balaban J connectivity index is 2.18. The van der Waals surface area contributed by atoms with Crippen LogP contribution in [0.2, 0.25) is 0 Å². The Labute approximate surface area is 201 Å². The van der Waals surface area contributed by atoms with Gasteiger partial charge in [0.1, 0.15) is 17.4 Å². The summed E-state index contributed by atoms with van der Waals surface area (Å²) in [5.74, 6) is -0.694. The highest BCUT2D eigenvalue weighted by atomic mass is 32.2. The van der Waals surface area contributed by atoms with E-state index in [-0.39, 0.29) is 35.2 Å². The number of benzene rings is 1. The standard InChI is InChI=1S/C22H25FN4O5S2/c1-24-21(29)18-16-12-14(6-5-7-17(28)26-33-3)20(27(2)34(4,30)31)25-22(16)32-19(18)13-8-10-15(23)11-9-13/h8-12H,5-7H2,1-4H3,(H,24,29)(H,26,28). The molecule has 2 aromatic heterocycles. The van der Waals surface area contributed by atoms with Crippen LogP contribution in [-0.4, -0.2) is 51.8 Å². The number of hydrogen-bond acceptors (Lipinski definition) is 7. The average Bonchev–Trinajstić information content (AvgIpc) is 3.16. The number of aromatic nitrogens is 1. The van der Waals surface area contributed by atoms with Gasteiger partial charge in [-0.3, -0.25) is 13.9 Å². The normalized spacial score (nSPS) is 11.4. The van der Waals surface area contributed by atoms with Crippen molar-refractivity contribution in [2.75, 3.05) is 30.9 Å². The summed E-state index contributed by atoms with van der Waals surface area (Å²) in [5.41, 5.74) is 1.26. The second-order valence-corrected chi connectivity index (χ2v) is 10.2. The van der Waals surface area contributed by atoms with Gasteiger partial charge < -0.3 is 14.5 Å². The Morgan fingerprint density at radius 3 is 2.50 bits per heavy atom. The van der Waals surface area contributed by atoms with Crippen molar-refractivity contribution in [3.05, 3.63) is 47.3 Å². The van der Waals surface area contributed by atoms with Crippen LogP contribution in [0.5, 0.6) is 0 Å². The number of hydrogen-bond donors (Lipinski definition) is 2. The summed E-state index contributed by atoms with van der Waals surface area (Å²) in [7, 11) is -0.808. The van der Waals surface area contributed by atoms with E-state index < -0.39 is 21.7 Å². The highest BCUT2D eigenvalue weighted by molar-refractivity contribution is 7.97. The summed E-state index contributed by atoms with van der Waals surface area (Å²) in [6.07, 6.45) is 3.80. The van der Waals surface area contributed by atoms with Crippen molar-refractivity contribution in [3.63, 3.8) is 0 Å². The molecule has 0 bridgehead atoms. The van der Waals surface area contributed by atoms with Crippen LogP contribution in [0.15, 0.2) is 34.7 Å². The third-order valence-corrected chi connectivity index (χ3v) is 6.76. The van der Waals surface area contributed by atoms with Crippen LogP contribution < -0.4 is 14.3 Å². The first-order valence-corrected chi connectivity index (χ1v) is 13.3. The van der Waals surface area contributed by atoms with Gasteiger partial charge in [-0.2, -0.15) is 4.98 Å². The van der Waals surface area contributed by atoms with Gasteiger partial charge in [0.05, 0.1) is 17.2 Å². The molecule has 182 valence electrons. The number of nitrogens with zero attached hydrogens (tertiary/aromatic N) is 2. The van der Waals surface area contributed by atoms with Crippen LogP contribution in [-0.2, 0) is 21.2 Å². The zero-order valence-corrected chi connectivity index (χ0v) is 20.8. The number of carbonyl (C=O) groups is 2. The number of amides is 2. The second-order valence-electron chi connectivity index (χ2n) is 7.53. The number of furan rings is 1. The van der Waals surface area contributed by atoms with Crippen molar-refractivity contribution in [3.8, 4) is 11.3 Å². The molecule has 9 nitrogen and oxygen atoms in total. The van der Waals surface area contributed by atoms with E-state index in [4.69, 9.17) is 4.42 Å². The number of carbonyl (C=O) groups excluding carboxylic acids is 2. The van der Waals surface area contributed by atoms with Crippen LogP contribution >= 0.6 is 11.9 Å². The van der Waals surface area contributed by atoms with E-state index in [2.05, 4.69) is 15.0 Å². The molecule has 0 spiro atoms. The lowest BCUT2D eigenvalue weighted by atomic mass is 10.0. The van der Waals surface area contributed by atoms with Crippen molar-refractivity contribution in [1.82, 2.24) is 15.0 Å². The van der Waals surface area contributed by atoms with Crippen molar-refractivity contribution >= 4 is 50.7 Å². The zero-order chi connectivity index (χ0) is 25.0. The highest BCUT2D eigenvalue weighted by Gasteiger charge is 2.26. The van der Waals surface area contributed by atoms with Gasteiger partial charge in [0.25, 0.3) is 5.91 Å². The molecule has 2 N–H and O–H groups in total. The lowest BCUT2D eigenvalue weighted by molar-refractivity contribution is -0.119. The topological polar surface area (TPSA) is 122 Å². The number of rotatable bonds is 9. The van der Waals surface area contributed by atoms with Crippen LogP contribution in [0.4, 0.5) is 10.2 Å². The molecule has 0 fully saturated rings. The van der Waals surface area contributed by atoms with Gasteiger partial charge in [-0.1, -0.05) is 11.9 Å². The largest absolute Gasteiger partial charge is 0.437 e. The van der Waals surface area contributed by atoms with Crippen LogP contribution in [0.3, 0.4) is 0 Å². The predicted molar refractivity (Wildman–Crippen MR) is 131 cm³/mol. The number of halogens is 1. The molecule has 1 aromatic carbocycles. The lowest BCUT2D eigenvalue weighted by Gasteiger charge is -2.19. The van der Waals surface area contributed by atoms with E-state index in [0.717, 1.165) is 10.6 Å². The maximum absolute atomic E-state index is 13.4. The minimum absolute atomic E-state index is 0.0623. The smallest absolute Gasteiger partial charge is 0.255 e. The molecular weight excluding hydrogens is 483 g/mol. The first-order valence-electron chi connectivity index (χ1n) is 10.3. The Kier molecular flexibility index (Phi) is 7.82. The van der Waals surface area contributed by atoms with Gasteiger partial charge >= 0.3 is 0 Å². The Morgan fingerprint density at radius 1 is 1.24 bits per heavy atom. The molecule has 0 saturated carbocycles. The number of sulfonamides is 1. The first-order chi connectivity index (χ1) is 16.1. The summed E-state index contributed by atoms with van der Waals surface area (Å²) in [6.45, 7) is 0. The van der Waals surface area contributed by atoms with Crippen molar-refractivity contribution < 1.29 is 26.8 Å². The minimum atomic E-state index is -3.65. The number of pyridine rings is 1. The molecule has 3 aromatic rings. The highest BCUT2D eigenvalue weighted by Crippen LogP contribution is 2.36. The lowest BCUT2D eigenvalue weighted by Crippen LogP contribution is -2.27. The molecule has 3 rings (SSSR count). The fourth-order valence-corrected chi connectivity index (χ4v) is 4.23. The van der Waals surface area contributed by atoms with E-state index in [1.54, 1.807) is 12.3 Å². The zero-order valence-electron chi connectivity index (χ0n) is 19.1. The van der Waals surface area contributed by atoms with Gasteiger partial charge in [-0.05, 0) is 48.7 Å². The van der Waals surface area contributed by atoms with Gasteiger partial charge in [0.15, 0.2) is 0 Å². The van der Waals surface area contributed by atoms with E-state index in [0.29, 0.717) is 29.4 Å². The number of fused-ring (bicyclic) bond motifs is 1. The maximum atomic E-state index is 13.4. The Morgan fingerprint density at radius 2 is 1.91 bits per heavy atom. The van der Waals surface area contributed by atoms with Crippen LogP contribution in [0.25, 0.3) is 22.4 Å². The molecule has 0 saturated heterocycles. The third kappa shape index (κ3) is 5.50. The van der Waals surface area contributed by atoms with Gasteiger partial charge in [-0.25, -0.2) is 12.8 Å². The molecule has 0 unspecified atom stereocenters. The molecule has 34 heavy (non-hydrogen) atoms. The van der Waals surface area contributed by atoms with Crippen LogP contribution in [0.1, 0.15) is 28.8 Å². The van der Waals surface area contributed by atoms with Gasteiger partial charge in [0.2, 0.25) is 21.6 Å². The molecular formula is C22H25FN4O5S2. The third-order valence-electron chi connectivity index (χ3n) is 5.16. The molecule has 0 aliphatic heterocycles. The number of nitrogens with one attached hydrogen (secondary N) is 2. The molecule has 0 aliphatic carbocycles. The fraction of sp³-hybridized carbons (Fsp3) is 0.318. The predicted octanol–water partition coefficient (Wildman–Crippen LogP) is 3.11. The molecule has 0 aliphatic rings. The molecule has 2 amide bonds. The molecule has 0 atom stereocenters. The van der Waals surface area contributed by atoms with Crippen molar-refractivity contribution in [1.29, 1.82) is 0 Å². The van der Waals surface area contributed by atoms with Crippen molar-refractivity contribution in [2.24, 2.45) is 0 Å². The van der Waals surface area contributed by atoms with Crippen molar-refractivity contribution in [2.45, 2.75) is 19.3 Å². The first kappa shape index (κ1) is 25.5. The second kappa shape index (κ2) is 10.4. The molecule has 0 radical (unpaired) electrons. The monoisotopic (exact) mass is 508 g/mol.